The third kappa shape index (κ3) is 4.39. The van der Waals surface area contributed by atoms with Gasteiger partial charge < -0.3 is 14.4 Å². The van der Waals surface area contributed by atoms with Gasteiger partial charge in [0.2, 0.25) is 0 Å². The van der Waals surface area contributed by atoms with Crippen molar-refractivity contribution in [1.82, 2.24) is 4.90 Å². The van der Waals surface area contributed by atoms with Crippen molar-refractivity contribution < 1.29 is 27.5 Å². The average molecular weight is 376 g/mol. The van der Waals surface area contributed by atoms with Gasteiger partial charge in [0.1, 0.15) is 11.3 Å². The van der Waals surface area contributed by atoms with Crippen LogP contribution < -0.4 is 4.74 Å². The summed E-state index contributed by atoms with van der Waals surface area (Å²) in [7, 11) is -0.191. The number of carbonyl (C=O) groups is 2. The Kier molecular flexibility index (Phi) is 5.71. The van der Waals surface area contributed by atoms with Crippen molar-refractivity contribution in [2.75, 3.05) is 32.3 Å². The number of ether oxygens (including phenoxy) is 2. The molecule has 1 aliphatic heterocycles. The molecule has 0 radical (unpaired) electrons. The molecule has 0 aromatic heterocycles. The Balaban J connectivity index is 1.96. The summed E-state index contributed by atoms with van der Waals surface area (Å²) < 4.78 is 33.0. The second kappa shape index (κ2) is 7.40. The largest absolute Gasteiger partial charge is 0.496 e. The van der Waals surface area contributed by atoms with Gasteiger partial charge in [-0.15, -0.1) is 0 Å². The molecular weight excluding hydrogens is 358 g/mol. The topological polar surface area (TPSA) is 90.0 Å². The van der Waals surface area contributed by atoms with E-state index in [-0.39, 0.29) is 28.9 Å². The first-order valence-electron chi connectivity index (χ1n) is 7.20. The molecule has 1 aliphatic rings. The fourth-order valence-electron chi connectivity index (χ4n) is 2.43. The third-order valence-electron chi connectivity index (χ3n) is 3.86. The van der Waals surface area contributed by atoms with Crippen molar-refractivity contribution in [3.63, 3.8) is 0 Å². The highest BCUT2D eigenvalue weighted by atomic mass is 35.5. The van der Waals surface area contributed by atoms with Crippen LogP contribution in [0.25, 0.3) is 0 Å². The number of likely N-dealkylation sites (N-methyl/N-ethyl adjacent to an activating group) is 1. The SMILES string of the molecule is COc1ccc(Cl)cc1C(=O)OCC(=O)N(C)[C@H]1CCS(=O)(=O)C1. The number of amides is 1. The minimum atomic E-state index is -3.09. The highest BCUT2D eigenvalue weighted by molar-refractivity contribution is 7.91. The number of benzene rings is 1. The molecule has 1 aromatic carbocycles. The molecule has 0 unspecified atom stereocenters. The molecule has 0 saturated carbocycles. The number of esters is 1. The number of sulfone groups is 1. The summed E-state index contributed by atoms with van der Waals surface area (Å²) >= 11 is 5.85. The molecule has 0 N–H and O–H groups in total. The zero-order chi connectivity index (χ0) is 17.9. The van der Waals surface area contributed by atoms with Crippen LogP contribution in [0.5, 0.6) is 5.75 Å². The molecule has 1 saturated heterocycles. The van der Waals surface area contributed by atoms with Gasteiger partial charge in [0, 0.05) is 18.1 Å². The molecule has 1 aromatic rings. The predicted octanol–water partition coefficient (Wildman–Crippen LogP) is 1.15. The zero-order valence-corrected chi connectivity index (χ0v) is 14.9. The highest BCUT2D eigenvalue weighted by Crippen LogP contribution is 2.23. The van der Waals surface area contributed by atoms with Crippen LogP contribution in [0.4, 0.5) is 0 Å². The Morgan fingerprint density at radius 1 is 1.38 bits per heavy atom. The van der Waals surface area contributed by atoms with Crippen LogP contribution in [0.15, 0.2) is 18.2 Å². The van der Waals surface area contributed by atoms with Crippen LogP contribution in [-0.4, -0.2) is 63.5 Å². The van der Waals surface area contributed by atoms with Gasteiger partial charge in [-0.25, -0.2) is 13.2 Å². The summed E-state index contributed by atoms with van der Waals surface area (Å²) in [6, 6.07) is 4.09. The molecule has 1 amide bonds. The number of carbonyl (C=O) groups excluding carboxylic acids is 2. The fourth-order valence-corrected chi connectivity index (χ4v) is 4.38. The molecule has 9 heteroatoms. The van der Waals surface area contributed by atoms with Crippen molar-refractivity contribution >= 4 is 33.3 Å². The molecule has 0 spiro atoms. The molecular formula is C15H18ClNO6S. The first-order chi connectivity index (χ1) is 11.2. The molecule has 1 heterocycles. The first-order valence-corrected chi connectivity index (χ1v) is 9.40. The maximum Gasteiger partial charge on any atom is 0.342 e. The lowest BCUT2D eigenvalue weighted by molar-refractivity contribution is -0.134. The second-order valence-corrected chi connectivity index (χ2v) is 8.15. The van der Waals surface area contributed by atoms with Crippen LogP contribution >= 0.6 is 11.6 Å². The summed E-state index contributed by atoms with van der Waals surface area (Å²) in [5.74, 6) is -0.922. The molecule has 7 nitrogen and oxygen atoms in total. The zero-order valence-electron chi connectivity index (χ0n) is 13.3. The van der Waals surface area contributed by atoms with Crippen molar-refractivity contribution in [1.29, 1.82) is 0 Å². The minimum Gasteiger partial charge on any atom is -0.496 e. The number of methoxy groups -OCH3 is 1. The molecule has 2 rings (SSSR count). The number of hydrogen-bond acceptors (Lipinski definition) is 6. The normalized spacial score (nSPS) is 18.9. The Morgan fingerprint density at radius 3 is 2.67 bits per heavy atom. The quantitative estimate of drug-likeness (QED) is 0.717. The van der Waals surface area contributed by atoms with Gasteiger partial charge in [-0.05, 0) is 24.6 Å². The fraction of sp³-hybridized carbons (Fsp3) is 0.467. The molecule has 0 bridgehead atoms. The van der Waals surface area contributed by atoms with Gasteiger partial charge in [-0.2, -0.15) is 0 Å². The van der Waals surface area contributed by atoms with E-state index in [0.29, 0.717) is 11.4 Å². The van der Waals surface area contributed by atoms with Crippen molar-refractivity contribution in [3.8, 4) is 5.75 Å². The molecule has 1 fully saturated rings. The average Bonchev–Trinajstić information content (AvgIpc) is 2.91. The lowest BCUT2D eigenvalue weighted by Crippen LogP contribution is -2.40. The Morgan fingerprint density at radius 2 is 2.08 bits per heavy atom. The van der Waals surface area contributed by atoms with E-state index in [1.807, 2.05) is 0 Å². The van der Waals surface area contributed by atoms with Gasteiger partial charge >= 0.3 is 5.97 Å². The number of rotatable bonds is 5. The monoisotopic (exact) mass is 375 g/mol. The number of halogens is 1. The van der Waals surface area contributed by atoms with E-state index >= 15 is 0 Å². The van der Waals surface area contributed by atoms with Crippen LogP contribution in [0, 0.1) is 0 Å². The smallest absolute Gasteiger partial charge is 0.342 e. The van der Waals surface area contributed by atoms with E-state index in [1.165, 1.54) is 31.2 Å². The summed E-state index contributed by atoms with van der Waals surface area (Å²) in [6.45, 7) is -0.485. The van der Waals surface area contributed by atoms with Gasteiger partial charge in [0.15, 0.2) is 16.4 Å². The number of hydrogen-bond donors (Lipinski definition) is 0. The Hall–Kier alpha value is -1.80. The van der Waals surface area contributed by atoms with Gasteiger partial charge in [-0.3, -0.25) is 4.79 Å². The van der Waals surface area contributed by atoms with E-state index in [2.05, 4.69) is 0 Å². The first kappa shape index (κ1) is 18.5. The van der Waals surface area contributed by atoms with Crippen molar-refractivity contribution in [2.24, 2.45) is 0 Å². The lowest BCUT2D eigenvalue weighted by atomic mass is 10.2. The van der Waals surface area contributed by atoms with Crippen LogP contribution in [0.3, 0.4) is 0 Å². The predicted molar refractivity (Wildman–Crippen MR) is 88.1 cm³/mol. The van der Waals surface area contributed by atoms with E-state index in [9.17, 15) is 18.0 Å². The van der Waals surface area contributed by atoms with Crippen molar-refractivity contribution in [3.05, 3.63) is 28.8 Å². The van der Waals surface area contributed by atoms with E-state index in [1.54, 1.807) is 6.07 Å². The van der Waals surface area contributed by atoms with Gasteiger partial charge in [0.05, 0.1) is 18.6 Å². The van der Waals surface area contributed by atoms with E-state index < -0.39 is 28.3 Å². The van der Waals surface area contributed by atoms with Crippen LogP contribution in [-0.2, 0) is 19.4 Å². The lowest BCUT2D eigenvalue weighted by Gasteiger charge is -2.23. The van der Waals surface area contributed by atoms with Crippen LogP contribution in [0.2, 0.25) is 5.02 Å². The summed E-state index contributed by atoms with van der Waals surface area (Å²) in [5.41, 5.74) is 0.115. The summed E-state index contributed by atoms with van der Waals surface area (Å²) in [6.07, 6.45) is 0.390. The van der Waals surface area contributed by atoms with Gasteiger partial charge in [0.25, 0.3) is 5.91 Å². The summed E-state index contributed by atoms with van der Waals surface area (Å²) in [4.78, 5) is 25.5. The van der Waals surface area contributed by atoms with Crippen molar-refractivity contribution in [2.45, 2.75) is 12.5 Å². The van der Waals surface area contributed by atoms with Crippen LogP contribution in [0.1, 0.15) is 16.8 Å². The minimum absolute atomic E-state index is 0.0642. The Labute approximate surface area is 145 Å². The standard InChI is InChI=1S/C15H18ClNO6S/c1-17(11-5-6-24(20,21)9-11)14(18)8-23-15(19)12-7-10(16)3-4-13(12)22-2/h3-4,7,11H,5-6,8-9H2,1-2H3/t11-/m0/s1. The summed E-state index contributed by atoms with van der Waals surface area (Å²) in [5, 5.41) is 0.336. The number of nitrogens with zero attached hydrogens (tertiary/aromatic N) is 1. The van der Waals surface area contributed by atoms with Gasteiger partial charge in [-0.1, -0.05) is 11.6 Å². The third-order valence-corrected chi connectivity index (χ3v) is 5.84. The molecule has 1 atom stereocenters. The second-order valence-electron chi connectivity index (χ2n) is 5.48. The highest BCUT2D eigenvalue weighted by Gasteiger charge is 2.33. The molecule has 132 valence electrons. The Bertz CT molecular complexity index is 748. The molecule has 24 heavy (non-hydrogen) atoms. The van der Waals surface area contributed by atoms with E-state index in [0.717, 1.165) is 0 Å². The molecule has 0 aliphatic carbocycles. The maximum atomic E-state index is 12.1. The van der Waals surface area contributed by atoms with E-state index in [4.69, 9.17) is 21.1 Å². The maximum absolute atomic E-state index is 12.1.